The molecule has 3 aliphatic rings. The van der Waals surface area contributed by atoms with Gasteiger partial charge in [-0.05, 0) is 31.4 Å². The molecule has 2 N–H and O–H groups in total. The standard InChI is InChI=1S/C22H26ClN5O4/c1-2-20(29)27-18-4-3-14(9-19(18)32-17-6-8-31-13-17)21(30)28-7-5-16(12-28)26-22-24-10-15(23)11-25-22/h2,9-11,16-17H,1,3-8,12-13H2,(H,27,29)(H,24,25,26)/t16-,17?/m1/s1. The summed E-state index contributed by atoms with van der Waals surface area (Å²) in [6, 6.07) is 0.0636. The number of amides is 2. The molecule has 1 aromatic rings. The Morgan fingerprint density at radius 3 is 2.81 bits per heavy atom. The van der Waals surface area contributed by atoms with Gasteiger partial charge < -0.3 is 25.0 Å². The minimum Gasteiger partial charge on any atom is -0.486 e. The molecule has 2 atom stereocenters. The van der Waals surface area contributed by atoms with Crippen LogP contribution in [-0.4, -0.2) is 65.1 Å². The molecular weight excluding hydrogens is 434 g/mol. The van der Waals surface area contributed by atoms with Gasteiger partial charge in [0.15, 0.2) is 0 Å². The Balaban J connectivity index is 1.43. The maximum absolute atomic E-state index is 13.2. The van der Waals surface area contributed by atoms with Crippen LogP contribution in [0.25, 0.3) is 0 Å². The molecule has 32 heavy (non-hydrogen) atoms. The van der Waals surface area contributed by atoms with Gasteiger partial charge in [-0.25, -0.2) is 9.97 Å². The van der Waals surface area contributed by atoms with Crippen molar-refractivity contribution in [2.24, 2.45) is 0 Å². The number of halogens is 1. The van der Waals surface area contributed by atoms with E-state index in [0.29, 0.717) is 67.1 Å². The minimum atomic E-state index is -0.301. The van der Waals surface area contributed by atoms with Crippen molar-refractivity contribution >= 4 is 29.4 Å². The van der Waals surface area contributed by atoms with Crippen molar-refractivity contribution in [3.8, 4) is 0 Å². The van der Waals surface area contributed by atoms with Gasteiger partial charge in [0.25, 0.3) is 0 Å². The molecule has 2 fully saturated rings. The zero-order chi connectivity index (χ0) is 22.5. The molecular formula is C22H26ClN5O4. The predicted octanol–water partition coefficient (Wildman–Crippen LogP) is 2.18. The number of rotatable bonds is 7. The number of allylic oxidation sites excluding steroid dienone is 2. The summed E-state index contributed by atoms with van der Waals surface area (Å²) in [6.45, 7) is 5.82. The number of aromatic nitrogens is 2. The van der Waals surface area contributed by atoms with Gasteiger partial charge in [0.2, 0.25) is 17.8 Å². The third-order valence-electron chi connectivity index (χ3n) is 5.59. The molecule has 9 nitrogen and oxygen atoms in total. The quantitative estimate of drug-likeness (QED) is 0.602. The lowest BCUT2D eigenvalue weighted by Gasteiger charge is -2.25. The van der Waals surface area contributed by atoms with Crippen LogP contribution in [-0.2, 0) is 19.1 Å². The summed E-state index contributed by atoms with van der Waals surface area (Å²) in [5, 5.41) is 6.54. The second-order valence-electron chi connectivity index (χ2n) is 7.92. The third kappa shape index (κ3) is 5.46. The van der Waals surface area contributed by atoms with Gasteiger partial charge >= 0.3 is 0 Å². The molecule has 1 aliphatic carbocycles. The number of ether oxygens (including phenoxy) is 2. The van der Waals surface area contributed by atoms with E-state index < -0.39 is 0 Å². The predicted molar refractivity (Wildman–Crippen MR) is 119 cm³/mol. The lowest BCUT2D eigenvalue weighted by atomic mass is 9.99. The first kappa shape index (κ1) is 22.3. The first-order valence-corrected chi connectivity index (χ1v) is 11.0. The molecule has 0 bridgehead atoms. The summed E-state index contributed by atoms with van der Waals surface area (Å²) < 4.78 is 11.5. The molecule has 0 aromatic carbocycles. The van der Waals surface area contributed by atoms with Gasteiger partial charge in [-0.2, -0.15) is 0 Å². The lowest BCUT2D eigenvalue weighted by Crippen LogP contribution is -2.34. The molecule has 2 saturated heterocycles. The van der Waals surface area contributed by atoms with Gasteiger partial charge in [0, 0.05) is 31.1 Å². The number of nitrogens with one attached hydrogen (secondary N) is 2. The highest BCUT2D eigenvalue weighted by atomic mass is 35.5. The summed E-state index contributed by atoms with van der Waals surface area (Å²) >= 11 is 5.83. The normalized spacial score (nSPS) is 23.0. The number of hydrogen-bond acceptors (Lipinski definition) is 7. The zero-order valence-electron chi connectivity index (χ0n) is 17.7. The minimum absolute atomic E-state index is 0.0239. The highest BCUT2D eigenvalue weighted by Gasteiger charge is 2.31. The number of carbonyl (C=O) groups is 2. The van der Waals surface area contributed by atoms with Crippen molar-refractivity contribution < 1.29 is 19.1 Å². The van der Waals surface area contributed by atoms with E-state index in [-0.39, 0.29) is 24.0 Å². The van der Waals surface area contributed by atoms with Gasteiger partial charge in [0.05, 0.1) is 36.3 Å². The molecule has 0 radical (unpaired) electrons. The average Bonchev–Trinajstić information content (AvgIpc) is 3.48. The Bertz CT molecular complexity index is 940. The number of nitrogens with zero attached hydrogens (tertiary/aromatic N) is 3. The first-order chi connectivity index (χ1) is 15.5. The molecule has 0 spiro atoms. The molecule has 2 amide bonds. The summed E-state index contributed by atoms with van der Waals surface area (Å²) in [5.74, 6) is 0.688. The van der Waals surface area contributed by atoms with Crippen LogP contribution in [0.15, 0.2) is 48.2 Å². The Labute approximate surface area is 191 Å². The Kier molecular flexibility index (Phi) is 7.06. The summed E-state index contributed by atoms with van der Waals surface area (Å²) in [7, 11) is 0. The van der Waals surface area contributed by atoms with Gasteiger partial charge in [-0.1, -0.05) is 18.2 Å². The summed E-state index contributed by atoms with van der Waals surface area (Å²) in [6.07, 6.45) is 8.55. The molecule has 170 valence electrons. The van der Waals surface area contributed by atoms with E-state index in [0.717, 1.165) is 12.8 Å². The second kappa shape index (κ2) is 10.1. The van der Waals surface area contributed by atoms with E-state index in [1.165, 1.54) is 18.5 Å². The topological polar surface area (TPSA) is 106 Å². The smallest absolute Gasteiger partial charge is 0.249 e. The summed E-state index contributed by atoms with van der Waals surface area (Å²) in [4.78, 5) is 35.1. The molecule has 4 rings (SSSR count). The average molecular weight is 460 g/mol. The Hall–Kier alpha value is -2.91. The fourth-order valence-corrected chi connectivity index (χ4v) is 4.02. The van der Waals surface area contributed by atoms with E-state index in [1.807, 2.05) is 4.90 Å². The van der Waals surface area contributed by atoms with Crippen LogP contribution in [0.3, 0.4) is 0 Å². The molecule has 10 heteroatoms. The van der Waals surface area contributed by atoms with Crippen molar-refractivity contribution in [1.82, 2.24) is 20.2 Å². The molecule has 0 saturated carbocycles. The second-order valence-corrected chi connectivity index (χ2v) is 8.35. The zero-order valence-corrected chi connectivity index (χ0v) is 18.4. The Morgan fingerprint density at radius 1 is 1.28 bits per heavy atom. The van der Waals surface area contributed by atoms with Gasteiger partial charge in [0.1, 0.15) is 11.9 Å². The number of likely N-dealkylation sites (tertiary alicyclic amines) is 1. The molecule has 2 aliphatic heterocycles. The van der Waals surface area contributed by atoms with E-state index in [4.69, 9.17) is 21.1 Å². The van der Waals surface area contributed by atoms with Crippen LogP contribution in [0.2, 0.25) is 5.02 Å². The van der Waals surface area contributed by atoms with E-state index >= 15 is 0 Å². The lowest BCUT2D eigenvalue weighted by molar-refractivity contribution is -0.126. The molecule has 1 unspecified atom stereocenters. The molecule has 1 aromatic heterocycles. The van der Waals surface area contributed by atoms with Crippen LogP contribution < -0.4 is 10.6 Å². The first-order valence-electron chi connectivity index (χ1n) is 10.7. The maximum Gasteiger partial charge on any atom is 0.249 e. The van der Waals surface area contributed by atoms with Crippen molar-refractivity contribution in [2.75, 3.05) is 31.6 Å². The van der Waals surface area contributed by atoms with E-state index in [9.17, 15) is 9.59 Å². The third-order valence-corrected chi connectivity index (χ3v) is 5.79. The fraction of sp³-hybridized carbons (Fsp3) is 0.455. The highest BCUT2D eigenvalue weighted by Crippen LogP contribution is 2.28. The van der Waals surface area contributed by atoms with Crippen molar-refractivity contribution in [2.45, 2.75) is 37.8 Å². The van der Waals surface area contributed by atoms with Crippen LogP contribution in [0, 0.1) is 0 Å². The molecule has 3 heterocycles. The van der Waals surface area contributed by atoms with Crippen LogP contribution >= 0.6 is 11.6 Å². The Morgan fingerprint density at radius 2 is 2.09 bits per heavy atom. The number of carbonyl (C=O) groups excluding carboxylic acids is 2. The maximum atomic E-state index is 13.2. The van der Waals surface area contributed by atoms with E-state index in [2.05, 4.69) is 27.2 Å². The van der Waals surface area contributed by atoms with E-state index in [1.54, 1.807) is 6.08 Å². The fourth-order valence-electron chi connectivity index (χ4n) is 3.92. The van der Waals surface area contributed by atoms with Crippen LogP contribution in [0.5, 0.6) is 0 Å². The highest BCUT2D eigenvalue weighted by molar-refractivity contribution is 6.30. The SMILES string of the molecule is C=CC(=O)NC1=C(OC2CCOC2)C=C(C(=O)N2CC[C@@H](Nc3ncc(Cl)cn3)C2)CC1. The van der Waals surface area contributed by atoms with Crippen molar-refractivity contribution in [3.05, 3.63) is 53.2 Å². The largest absolute Gasteiger partial charge is 0.486 e. The monoisotopic (exact) mass is 459 g/mol. The van der Waals surface area contributed by atoms with Crippen LogP contribution in [0.1, 0.15) is 25.7 Å². The van der Waals surface area contributed by atoms with Gasteiger partial charge in [-0.3, -0.25) is 9.59 Å². The van der Waals surface area contributed by atoms with Crippen LogP contribution in [0.4, 0.5) is 5.95 Å². The summed E-state index contributed by atoms with van der Waals surface area (Å²) in [5.41, 5.74) is 1.33. The van der Waals surface area contributed by atoms with Gasteiger partial charge in [-0.15, -0.1) is 0 Å². The van der Waals surface area contributed by atoms with Crippen molar-refractivity contribution in [3.63, 3.8) is 0 Å². The van der Waals surface area contributed by atoms with Crippen molar-refractivity contribution in [1.29, 1.82) is 0 Å². The number of hydrogen-bond donors (Lipinski definition) is 2. The number of anilines is 1.